The van der Waals surface area contributed by atoms with Gasteiger partial charge in [0.25, 0.3) is 5.91 Å². The van der Waals surface area contributed by atoms with Gasteiger partial charge in [-0.2, -0.15) is 0 Å². The Morgan fingerprint density at radius 1 is 0.886 bits per heavy atom. The van der Waals surface area contributed by atoms with Crippen molar-refractivity contribution in [1.82, 2.24) is 14.9 Å². The van der Waals surface area contributed by atoms with Gasteiger partial charge in [0.15, 0.2) is 11.4 Å². The Kier molecular flexibility index (Phi) is 9.40. The summed E-state index contributed by atoms with van der Waals surface area (Å²) in [5.74, 6) is -0.114. The Hall–Kier alpha value is -3.98. The van der Waals surface area contributed by atoms with Crippen molar-refractivity contribution in [1.29, 1.82) is 0 Å². The van der Waals surface area contributed by atoms with Crippen LogP contribution in [0.5, 0.6) is 0 Å². The molecule has 4 aromatic carbocycles. The molecular formula is C35H31Cl2N3O4. The summed E-state index contributed by atoms with van der Waals surface area (Å²) < 4.78 is 14.7. The van der Waals surface area contributed by atoms with Gasteiger partial charge in [0.05, 0.1) is 31.7 Å². The van der Waals surface area contributed by atoms with Gasteiger partial charge in [-0.05, 0) is 39.9 Å². The van der Waals surface area contributed by atoms with Gasteiger partial charge in [-0.15, -0.1) is 0 Å². The number of aromatic nitrogens is 2. The molecule has 44 heavy (non-hydrogen) atoms. The summed E-state index contributed by atoms with van der Waals surface area (Å²) in [4.78, 5) is 16.7. The Labute approximate surface area is 266 Å². The minimum atomic E-state index is -0.622. The topological polar surface area (TPSA) is 85.6 Å². The van der Waals surface area contributed by atoms with Gasteiger partial charge in [0.2, 0.25) is 0 Å². The number of aliphatic hydroxyl groups is 1. The summed E-state index contributed by atoms with van der Waals surface area (Å²) in [5.41, 5.74) is 6.40. The van der Waals surface area contributed by atoms with Crippen LogP contribution in [0.3, 0.4) is 0 Å². The first-order chi connectivity index (χ1) is 21.5. The number of amides is 1. The van der Waals surface area contributed by atoms with Gasteiger partial charge in [-0.1, -0.05) is 114 Å². The fraction of sp³-hybridized carbons (Fsp3) is 0.200. The number of hydrogen-bond donors (Lipinski definition) is 2. The molecule has 2 N–H and O–H groups in total. The fourth-order valence-corrected chi connectivity index (χ4v) is 5.68. The molecule has 1 aliphatic rings. The predicted molar refractivity (Wildman–Crippen MR) is 170 cm³/mol. The normalized spacial score (nSPS) is 18.2. The molecule has 0 radical (unpaired) electrons. The van der Waals surface area contributed by atoms with Crippen LogP contribution < -0.4 is 5.32 Å². The number of halogens is 2. The standard InChI is InChI=1S/C35H31Cl2N3O4/c36-32-33(37)40(22-39-32)20-29-18-31(25-12-10-23(21-41)11-13-25)44-35(43-29)27-16-14-24(15-17-27)30-9-5-4-8-28(30)19-38-34(42)26-6-2-1-3-7-26/h1-17,22,29,31,35,41H,18-21H2,(H,38,42)/t29-,31+,35+/m0/s1. The Morgan fingerprint density at radius 2 is 1.59 bits per heavy atom. The van der Waals surface area contributed by atoms with Crippen molar-refractivity contribution in [2.45, 2.75) is 44.6 Å². The molecule has 0 unspecified atom stereocenters. The van der Waals surface area contributed by atoms with Crippen LogP contribution in [0.25, 0.3) is 11.1 Å². The highest BCUT2D eigenvalue weighted by molar-refractivity contribution is 6.40. The molecule has 0 saturated carbocycles. The summed E-state index contributed by atoms with van der Waals surface area (Å²) in [6.07, 6.45) is 1.12. The van der Waals surface area contributed by atoms with Gasteiger partial charge in [-0.25, -0.2) is 4.98 Å². The molecular weight excluding hydrogens is 597 g/mol. The maximum absolute atomic E-state index is 12.6. The molecule has 1 aromatic heterocycles. The first-order valence-electron chi connectivity index (χ1n) is 14.4. The minimum Gasteiger partial charge on any atom is -0.392 e. The molecule has 1 saturated heterocycles. The van der Waals surface area contributed by atoms with Crippen LogP contribution in [0, 0.1) is 0 Å². The van der Waals surface area contributed by atoms with Crippen LogP contribution in [-0.2, 0) is 29.2 Å². The van der Waals surface area contributed by atoms with Crippen molar-refractivity contribution in [3.8, 4) is 11.1 Å². The van der Waals surface area contributed by atoms with E-state index in [1.54, 1.807) is 23.0 Å². The lowest BCUT2D eigenvalue weighted by Crippen LogP contribution is -2.32. The number of imidazole rings is 1. The van der Waals surface area contributed by atoms with Crippen LogP contribution >= 0.6 is 23.2 Å². The Bertz CT molecular complexity index is 1710. The lowest BCUT2D eigenvalue weighted by Gasteiger charge is -2.36. The molecule has 6 rings (SSSR count). The highest BCUT2D eigenvalue weighted by Gasteiger charge is 2.33. The van der Waals surface area contributed by atoms with Gasteiger partial charge in [0, 0.05) is 24.1 Å². The number of ether oxygens (including phenoxy) is 2. The molecule has 0 bridgehead atoms. The van der Waals surface area contributed by atoms with E-state index in [-0.39, 0.29) is 29.9 Å². The molecule has 1 amide bonds. The van der Waals surface area contributed by atoms with Crippen molar-refractivity contribution in [3.63, 3.8) is 0 Å². The molecule has 7 nitrogen and oxygen atoms in total. The van der Waals surface area contributed by atoms with Crippen molar-refractivity contribution in [2.24, 2.45) is 0 Å². The van der Waals surface area contributed by atoms with E-state index in [1.165, 1.54) is 0 Å². The van der Waals surface area contributed by atoms with Crippen molar-refractivity contribution < 1.29 is 19.4 Å². The van der Waals surface area contributed by atoms with E-state index in [4.69, 9.17) is 32.7 Å². The Morgan fingerprint density at radius 3 is 2.30 bits per heavy atom. The second-order valence-corrected chi connectivity index (χ2v) is 11.4. The maximum Gasteiger partial charge on any atom is 0.251 e. The van der Waals surface area contributed by atoms with Crippen molar-refractivity contribution in [3.05, 3.63) is 148 Å². The number of aliphatic hydroxyl groups excluding tert-OH is 1. The van der Waals surface area contributed by atoms with E-state index in [0.717, 1.165) is 33.4 Å². The largest absolute Gasteiger partial charge is 0.392 e. The van der Waals surface area contributed by atoms with Crippen LogP contribution in [-0.4, -0.2) is 26.7 Å². The third-order valence-electron chi connectivity index (χ3n) is 7.73. The number of rotatable bonds is 9. The van der Waals surface area contributed by atoms with Crippen molar-refractivity contribution >= 4 is 29.1 Å². The fourth-order valence-electron chi connectivity index (χ4n) is 5.37. The van der Waals surface area contributed by atoms with Gasteiger partial charge < -0.3 is 24.5 Å². The smallest absolute Gasteiger partial charge is 0.251 e. The third kappa shape index (κ3) is 6.88. The second kappa shape index (κ2) is 13.8. The average molecular weight is 629 g/mol. The Balaban J connectivity index is 1.21. The molecule has 1 fully saturated rings. The molecule has 5 aromatic rings. The predicted octanol–water partition coefficient (Wildman–Crippen LogP) is 7.52. The van der Waals surface area contributed by atoms with Crippen LogP contribution in [0.2, 0.25) is 10.3 Å². The lowest BCUT2D eigenvalue weighted by molar-refractivity contribution is -0.252. The van der Waals surface area contributed by atoms with E-state index in [9.17, 15) is 9.90 Å². The highest BCUT2D eigenvalue weighted by Crippen LogP contribution is 2.39. The van der Waals surface area contributed by atoms with Crippen LogP contribution in [0.1, 0.15) is 51.4 Å². The molecule has 1 aliphatic heterocycles. The molecule has 3 atom stereocenters. The molecule has 9 heteroatoms. The molecule has 224 valence electrons. The number of benzene rings is 4. The van der Waals surface area contributed by atoms with E-state index >= 15 is 0 Å². The SMILES string of the molecule is O=C(NCc1ccccc1-c1ccc([C@@H]2O[C@H](Cn3cnc(Cl)c3Cl)C[C@H](c3ccc(CO)cc3)O2)cc1)c1ccccc1. The van der Waals surface area contributed by atoms with Crippen molar-refractivity contribution in [2.75, 3.05) is 0 Å². The quantitative estimate of drug-likeness (QED) is 0.176. The average Bonchev–Trinajstić information content (AvgIpc) is 3.39. The highest BCUT2D eigenvalue weighted by atomic mass is 35.5. The minimum absolute atomic E-state index is 0.0189. The lowest BCUT2D eigenvalue weighted by atomic mass is 9.97. The summed E-state index contributed by atoms with van der Waals surface area (Å²) >= 11 is 12.5. The maximum atomic E-state index is 12.6. The van der Waals surface area contributed by atoms with E-state index in [2.05, 4.69) is 16.4 Å². The van der Waals surface area contributed by atoms with E-state index < -0.39 is 6.29 Å². The number of carbonyl (C=O) groups is 1. The molecule has 2 heterocycles. The third-order valence-corrected chi connectivity index (χ3v) is 8.50. The van der Waals surface area contributed by atoms with Gasteiger partial charge in [0.1, 0.15) is 5.15 Å². The van der Waals surface area contributed by atoms with Gasteiger partial charge >= 0.3 is 0 Å². The van der Waals surface area contributed by atoms with E-state index in [0.29, 0.717) is 30.2 Å². The summed E-state index contributed by atoms with van der Waals surface area (Å²) in [6.45, 7) is 0.846. The zero-order chi connectivity index (χ0) is 30.5. The summed E-state index contributed by atoms with van der Waals surface area (Å²) in [6, 6.07) is 33.1. The number of nitrogens with zero attached hydrogens (tertiary/aromatic N) is 2. The number of carbonyl (C=O) groups excluding carboxylic acids is 1. The number of hydrogen-bond acceptors (Lipinski definition) is 5. The first-order valence-corrected chi connectivity index (χ1v) is 15.1. The van der Waals surface area contributed by atoms with Gasteiger partial charge in [-0.3, -0.25) is 4.79 Å². The van der Waals surface area contributed by atoms with Crippen LogP contribution in [0.4, 0.5) is 0 Å². The monoisotopic (exact) mass is 627 g/mol. The zero-order valence-corrected chi connectivity index (χ0v) is 25.3. The number of nitrogens with one attached hydrogen (secondary N) is 1. The summed E-state index contributed by atoms with van der Waals surface area (Å²) in [5, 5.41) is 13.1. The molecule has 0 aliphatic carbocycles. The second-order valence-electron chi connectivity index (χ2n) is 10.7. The summed E-state index contributed by atoms with van der Waals surface area (Å²) in [7, 11) is 0. The zero-order valence-electron chi connectivity index (χ0n) is 23.8. The molecule has 0 spiro atoms. The first kappa shape index (κ1) is 30.1. The van der Waals surface area contributed by atoms with Crippen LogP contribution in [0.15, 0.2) is 109 Å². The van der Waals surface area contributed by atoms with E-state index in [1.807, 2.05) is 84.9 Å².